The molecule has 0 radical (unpaired) electrons. The second kappa shape index (κ2) is 5.82. The van der Waals surface area contributed by atoms with Crippen LogP contribution in [-0.2, 0) is 9.53 Å². The highest BCUT2D eigenvalue weighted by molar-refractivity contribution is 5.85. The van der Waals surface area contributed by atoms with Gasteiger partial charge in [-0.25, -0.2) is 0 Å². The van der Waals surface area contributed by atoms with E-state index in [1.807, 2.05) is 0 Å². The summed E-state index contributed by atoms with van der Waals surface area (Å²) >= 11 is 0. The zero-order chi connectivity index (χ0) is 12.8. The number of ether oxygens (including phenoxy) is 1. The predicted molar refractivity (Wildman–Crippen MR) is 78.8 cm³/mol. The first-order valence-electron chi connectivity index (χ1n) is 7.92. The maximum absolute atomic E-state index is 12.3. The average Bonchev–Trinajstić information content (AvgIpc) is 2.43. The molecule has 4 aliphatic carbocycles. The minimum Gasteiger partial charge on any atom is -0.366 e. The van der Waals surface area contributed by atoms with Crippen LogP contribution in [0.1, 0.15) is 32.1 Å². The Morgan fingerprint density at radius 1 is 1.05 bits per heavy atom. The van der Waals surface area contributed by atoms with Gasteiger partial charge in [-0.15, -0.1) is 12.4 Å². The molecule has 2 N–H and O–H groups in total. The third-order valence-corrected chi connectivity index (χ3v) is 5.76. The van der Waals surface area contributed by atoms with Crippen molar-refractivity contribution >= 4 is 18.3 Å². The van der Waals surface area contributed by atoms with Gasteiger partial charge in [0.15, 0.2) is 0 Å². The molecule has 0 aromatic carbocycles. The normalized spacial score (nSPS) is 45.8. The molecule has 5 aliphatic rings. The van der Waals surface area contributed by atoms with Crippen molar-refractivity contribution in [3.05, 3.63) is 0 Å². The number of halogens is 1. The van der Waals surface area contributed by atoms with Crippen molar-refractivity contribution in [3.8, 4) is 0 Å². The third kappa shape index (κ3) is 2.58. The number of nitrogens with one attached hydrogen (secondary N) is 2. The van der Waals surface area contributed by atoms with Crippen molar-refractivity contribution in [3.63, 3.8) is 0 Å². The highest BCUT2D eigenvalue weighted by atomic mass is 35.5. The molecule has 0 aromatic heterocycles. The van der Waals surface area contributed by atoms with Crippen molar-refractivity contribution in [2.45, 2.75) is 44.2 Å². The Morgan fingerprint density at radius 3 is 2.25 bits per heavy atom. The smallest absolute Gasteiger partial charge is 0.250 e. The summed E-state index contributed by atoms with van der Waals surface area (Å²) in [7, 11) is 0. The second-order valence-electron chi connectivity index (χ2n) is 7.03. The lowest BCUT2D eigenvalue weighted by Crippen LogP contribution is -2.59. The minimum atomic E-state index is -0.272. The number of hydrogen-bond acceptors (Lipinski definition) is 3. The Kier molecular flexibility index (Phi) is 4.25. The van der Waals surface area contributed by atoms with E-state index >= 15 is 0 Å². The quantitative estimate of drug-likeness (QED) is 0.809. The van der Waals surface area contributed by atoms with Crippen LogP contribution in [0.3, 0.4) is 0 Å². The first kappa shape index (κ1) is 14.6. The second-order valence-corrected chi connectivity index (χ2v) is 7.03. The number of rotatable bonds is 2. The zero-order valence-electron chi connectivity index (χ0n) is 11.8. The minimum absolute atomic E-state index is 0. The summed E-state index contributed by atoms with van der Waals surface area (Å²) < 4.78 is 5.56. The molecular weight excluding hydrogens is 276 g/mol. The molecule has 1 amide bonds. The Balaban J connectivity index is 0.00000121. The van der Waals surface area contributed by atoms with Crippen molar-refractivity contribution in [2.75, 3.05) is 19.7 Å². The first-order chi connectivity index (χ1) is 9.29. The monoisotopic (exact) mass is 300 g/mol. The van der Waals surface area contributed by atoms with Crippen LogP contribution in [0.25, 0.3) is 0 Å². The van der Waals surface area contributed by atoms with Crippen LogP contribution in [0, 0.1) is 23.7 Å². The Hall–Kier alpha value is -0.320. The number of hydrogen-bond donors (Lipinski definition) is 2. The van der Waals surface area contributed by atoms with Crippen LogP contribution in [0.15, 0.2) is 0 Å². The van der Waals surface area contributed by atoms with E-state index in [2.05, 4.69) is 10.6 Å². The maximum Gasteiger partial charge on any atom is 0.250 e. The van der Waals surface area contributed by atoms with E-state index in [4.69, 9.17) is 4.74 Å². The number of amides is 1. The van der Waals surface area contributed by atoms with E-state index < -0.39 is 0 Å². The highest BCUT2D eigenvalue weighted by Gasteiger charge is 2.48. The van der Waals surface area contributed by atoms with Gasteiger partial charge in [0, 0.05) is 19.1 Å². The number of morpholine rings is 1. The van der Waals surface area contributed by atoms with Crippen molar-refractivity contribution in [2.24, 2.45) is 23.7 Å². The van der Waals surface area contributed by atoms with Gasteiger partial charge in [0.05, 0.1) is 6.61 Å². The average molecular weight is 301 g/mol. The van der Waals surface area contributed by atoms with Crippen LogP contribution in [0.4, 0.5) is 0 Å². The van der Waals surface area contributed by atoms with Gasteiger partial charge in [-0.2, -0.15) is 0 Å². The molecule has 5 fully saturated rings. The third-order valence-electron chi connectivity index (χ3n) is 5.76. The van der Waals surface area contributed by atoms with E-state index in [9.17, 15) is 4.79 Å². The van der Waals surface area contributed by atoms with Crippen LogP contribution in [0.5, 0.6) is 0 Å². The van der Waals surface area contributed by atoms with Gasteiger partial charge in [-0.3, -0.25) is 4.79 Å². The molecular formula is C15H25ClN2O2. The number of carbonyl (C=O) groups excluding carboxylic acids is 1. The van der Waals surface area contributed by atoms with E-state index in [1.165, 1.54) is 32.1 Å². The van der Waals surface area contributed by atoms with Crippen LogP contribution < -0.4 is 10.6 Å². The lowest BCUT2D eigenvalue weighted by Gasteiger charge is -2.54. The van der Waals surface area contributed by atoms with Gasteiger partial charge < -0.3 is 15.4 Å². The van der Waals surface area contributed by atoms with Gasteiger partial charge >= 0.3 is 0 Å². The molecule has 1 atom stereocenters. The van der Waals surface area contributed by atoms with Gasteiger partial charge in [0.2, 0.25) is 0 Å². The standard InChI is InChI=1S/C15H24N2O2.ClH/c18-15(13-8-16-1-2-19-13)17-14-11-4-9-3-10(6-11)7-12(14)5-9;/h9-14,16H,1-8H2,(H,17,18);1H. The molecule has 1 heterocycles. The molecule has 5 heteroatoms. The zero-order valence-corrected chi connectivity index (χ0v) is 12.7. The summed E-state index contributed by atoms with van der Waals surface area (Å²) in [5, 5.41) is 6.56. The van der Waals surface area contributed by atoms with Crippen LogP contribution >= 0.6 is 12.4 Å². The molecule has 1 aliphatic heterocycles. The fraction of sp³-hybridized carbons (Fsp3) is 0.933. The summed E-state index contributed by atoms with van der Waals surface area (Å²) in [6.07, 6.45) is 6.59. The Morgan fingerprint density at radius 2 is 1.70 bits per heavy atom. The molecule has 4 saturated carbocycles. The fourth-order valence-electron chi connectivity index (χ4n) is 5.15. The predicted octanol–water partition coefficient (Wildman–Crippen LogP) is 1.34. The Labute approximate surface area is 126 Å². The molecule has 114 valence electrons. The van der Waals surface area contributed by atoms with Crippen molar-refractivity contribution in [1.82, 2.24) is 10.6 Å². The van der Waals surface area contributed by atoms with Crippen LogP contribution in [0.2, 0.25) is 0 Å². The van der Waals surface area contributed by atoms with Gasteiger partial charge in [-0.1, -0.05) is 0 Å². The molecule has 20 heavy (non-hydrogen) atoms. The summed E-state index contributed by atoms with van der Waals surface area (Å²) in [6, 6.07) is 0.436. The van der Waals surface area contributed by atoms with Crippen LogP contribution in [-0.4, -0.2) is 37.7 Å². The maximum atomic E-state index is 12.3. The summed E-state index contributed by atoms with van der Waals surface area (Å²) in [5.74, 6) is 3.53. The lowest BCUT2D eigenvalue weighted by atomic mass is 9.54. The molecule has 4 bridgehead atoms. The SMILES string of the molecule is Cl.O=C(NC1C2CC3CC(C2)CC1C3)C1CNCCO1. The molecule has 1 unspecified atom stereocenters. The van der Waals surface area contributed by atoms with E-state index in [-0.39, 0.29) is 24.4 Å². The van der Waals surface area contributed by atoms with Crippen molar-refractivity contribution < 1.29 is 9.53 Å². The molecule has 1 saturated heterocycles. The van der Waals surface area contributed by atoms with Gasteiger partial charge in [0.25, 0.3) is 5.91 Å². The highest BCUT2D eigenvalue weighted by Crippen LogP contribution is 2.53. The lowest BCUT2D eigenvalue weighted by molar-refractivity contribution is -0.138. The number of carbonyl (C=O) groups is 1. The van der Waals surface area contributed by atoms with E-state index in [0.29, 0.717) is 19.2 Å². The topological polar surface area (TPSA) is 50.4 Å². The fourth-order valence-corrected chi connectivity index (χ4v) is 5.15. The summed E-state index contributed by atoms with van der Waals surface area (Å²) in [6.45, 7) is 2.18. The molecule has 0 spiro atoms. The Bertz CT molecular complexity index is 343. The summed E-state index contributed by atoms with van der Waals surface area (Å²) in [5.41, 5.74) is 0. The van der Waals surface area contributed by atoms with Crippen molar-refractivity contribution in [1.29, 1.82) is 0 Å². The molecule has 0 aromatic rings. The van der Waals surface area contributed by atoms with Gasteiger partial charge in [0.1, 0.15) is 6.10 Å². The van der Waals surface area contributed by atoms with E-state index in [0.717, 1.165) is 30.2 Å². The van der Waals surface area contributed by atoms with Gasteiger partial charge in [-0.05, 0) is 55.8 Å². The largest absolute Gasteiger partial charge is 0.366 e. The summed E-state index contributed by atoms with van der Waals surface area (Å²) in [4.78, 5) is 12.3. The first-order valence-corrected chi connectivity index (χ1v) is 7.92. The van der Waals surface area contributed by atoms with E-state index in [1.54, 1.807) is 0 Å². The molecule has 4 nitrogen and oxygen atoms in total. The molecule has 5 rings (SSSR count).